The van der Waals surface area contributed by atoms with Gasteiger partial charge >= 0.3 is 5.97 Å². The van der Waals surface area contributed by atoms with Crippen LogP contribution in [0.1, 0.15) is 34.0 Å². The molecule has 0 aromatic heterocycles. The van der Waals surface area contributed by atoms with Gasteiger partial charge in [-0.25, -0.2) is 4.79 Å². The Balaban J connectivity index is 3.22. The molecule has 1 aromatic rings. The SMILES string of the molecule is N#Cc1ccc(C(=O)CCCl)cc1C(O)C(=O)O. The van der Waals surface area contributed by atoms with Gasteiger partial charge in [-0.15, -0.1) is 11.6 Å². The average molecular weight is 268 g/mol. The van der Waals surface area contributed by atoms with Crippen LogP contribution < -0.4 is 0 Å². The summed E-state index contributed by atoms with van der Waals surface area (Å²) in [6.07, 6.45) is -1.72. The van der Waals surface area contributed by atoms with E-state index in [1.165, 1.54) is 18.2 Å². The molecule has 0 aliphatic carbocycles. The molecule has 0 radical (unpaired) electrons. The molecule has 0 saturated heterocycles. The minimum atomic E-state index is -1.83. The molecule has 0 saturated carbocycles. The van der Waals surface area contributed by atoms with Crippen LogP contribution in [0.4, 0.5) is 0 Å². The van der Waals surface area contributed by atoms with Crippen molar-refractivity contribution in [2.75, 3.05) is 5.88 Å². The van der Waals surface area contributed by atoms with E-state index in [4.69, 9.17) is 22.0 Å². The number of rotatable bonds is 5. The zero-order valence-electron chi connectivity index (χ0n) is 9.26. The number of nitriles is 1. The monoisotopic (exact) mass is 267 g/mol. The minimum absolute atomic E-state index is 0.0207. The molecule has 94 valence electrons. The number of alkyl halides is 1. The molecular formula is C12H10ClNO4. The molecule has 0 heterocycles. The Bertz CT molecular complexity index is 521. The second-order valence-electron chi connectivity index (χ2n) is 3.52. The van der Waals surface area contributed by atoms with Crippen molar-refractivity contribution in [1.29, 1.82) is 5.26 Å². The standard InChI is InChI=1S/C12H10ClNO4/c13-4-3-10(15)7-1-2-8(6-14)9(5-7)11(16)12(17)18/h1-2,5,11,16H,3-4H2,(H,17,18). The van der Waals surface area contributed by atoms with E-state index in [0.717, 1.165) is 0 Å². The fraction of sp³-hybridized carbons (Fsp3) is 0.250. The molecule has 2 N–H and O–H groups in total. The zero-order chi connectivity index (χ0) is 13.7. The Labute approximate surface area is 108 Å². The molecule has 0 aliphatic heterocycles. The summed E-state index contributed by atoms with van der Waals surface area (Å²) in [5, 5.41) is 27.0. The number of aliphatic carboxylic acids is 1. The lowest BCUT2D eigenvalue weighted by molar-refractivity contribution is -0.146. The van der Waals surface area contributed by atoms with Crippen molar-refractivity contribution in [2.24, 2.45) is 0 Å². The highest BCUT2D eigenvalue weighted by atomic mass is 35.5. The molecule has 1 unspecified atom stereocenters. The molecule has 18 heavy (non-hydrogen) atoms. The number of Topliss-reactive ketones (excluding diaryl/α,β-unsaturated/α-hetero) is 1. The third kappa shape index (κ3) is 3.06. The molecule has 0 bridgehead atoms. The normalized spacial score (nSPS) is 11.6. The molecule has 1 aromatic carbocycles. The summed E-state index contributed by atoms with van der Waals surface area (Å²) in [5.74, 6) is -1.60. The van der Waals surface area contributed by atoms with Gasteiger partial charge in [-0.3, -0.25) is 4.79 Å². The molecule has 1 rings (SSSR count). The molecule has 0 aliphatic rings. The molecule has 0 amide bonds. The van der Waals surface area contributed by atoms with Crippen molar-refractivity contribution in [3.05, 3.63) is 34.9 Å². The summed E-state index contributed by atoms with van der Waals surface area (Å²) in [7, 11) is 0. The number of carbonyl (C=O) groups is 2. The van der Waals surface area contributed by atoms with Crippen LogP contribution in [-0.2, 0) is 4.79 Å². The number of nitrogens with zero attached hydrogens (tertiary/aromatic N) is 1. The van der Waals surface area contributed by atoms with Gasteiger partial charge in [-0.1, -0.05) is 6.07 Å². The summed E-state index contributed by atoms with van der Waals surface area (Å²) < 4.78 is 0. The van der Waals surface area contributed by atoms with Crippen molar-refractivity contribution < 1.29 is 19.8 Å². The second-order valence-corrected chi connectivity index (χ2v) is 3.89. The Morgan fingerprint density at radius 2 is 2.11 bits per heavy atom. The van der Waals surface area contributed by atoms with E-state index in [0.29, 0.717) is 0 Å². The van der Waals surface area contributed by atoms with Gasteiger partial charge in [0.15, 0.2) is 11.9 Å². The lowest BCUT2D eigenvalue weighted by atomic mass is 9.97. The summed E-state index contributed by atoms with van der Waals surface area (Å²) in [6.45, 7) is 0. The Hall–Kier alpha value is -1.90. The fourth-order valence-corrected chi connectivity index (χ4v) is 1.60. The molecule has 5 nitrogen and oxygen atoms in total. The number of ketones is 1. The maximum absolute atomic E-state index is 11.6. The van der Waals surface area contributed by atoms with Crippen LogP contribution in [0.3, 0.4) is 0 Å². The number of aliphatic hydroxyl groups excluding tert-OH is 1. The van der Waals surface area contributed by atoms with Crippen molar-refractivity contribution in [3.8, 4) is 6.07 Å². The third-order valence-corrected chi connectivity index (χ3v) is 2.53. The van der Waals surface area contributed by atoms with Gasteiger partial charge in [-0.2, -0.15) is 5.26 Å². The van der Waals surface area contributed by atoms with Gasteiger partial charge in [0, 0.05) is 23.4 Å². The van der Waals surface area contributed by atoms with Crippen molar-refractivity contribution in [1.82, 2.24) is 0 Å². The van der Waals surface area contributed by atoms with E-state index in [9.17, 15) is 14.7 Å². The predicted molar refractivity (Wildman–Crippen MR) is 63.4 cm³/mol. The first-order valence-electron chi connectivity index (χ1n) is 5.05. The number of hydrogen-bond donors (Lipinski definition) is 2. The molecule has 6 heteroatoms. The lowest BCUT2D eigenvalue weighted by Gasteiger charge is -2.09. The summed E-state index contributed by atoms with van der Waals surface area (Å²) in [4.78, 5) is 22.3. The number of benzene rings is 1. The molecule has 1 atom stereocenters. The highest BCUT2D eigenvalue weighted by Gasteiger charge is 2.21. The maximum atomic E-state index is 11.6. The maximum Gasteiger partial charge on any atom is 0.337 e. The van der Waals surface area contributed by atoms with Gasteiger partial charge in [0.1, 0.15) is 0 Å². The fourth-order valence-electron chi connectivity index (χ4n) is 1.43. The topological polar surface area (TPSA) is 98.4 Å². The van der Waals surface area contributed by atoms with Crippen LogP contribution in [0.2, 0.25) is 0 Å². The largest absolute Gasteiger partial charge is 0.479 e. The lowest BCUT2D eigenvalue weighted by Crippen LogP contribution is -2.13. The quantitative estimate of drug-likeness (QED) is 0.622. The Kier molecular flexibility index (Phi) is 4.84. The van der Waals surface area contributed by atoms with E-state index < -0.39 is 12.1 Å². The van der Waals surface area contributed by atoms with E-state index in [2.05, 4.69) is 0 Å². The number of aliphatic hydroxyl groups is 1. The Morgan fingerprint density at radius 3 is 2.61 bits per heavy atom. The molecule has 0 fully saturated rings. The van der Waals surface area contributed by atoms with E-state index in [1.54, 1.807) is 6.07 Å². The van der Waals surface area contributed by atoms with E-state index >= 15 is 0 Å². The first kappa shape index (κ1) is 14.2. The van der Waals surface area contributed by atoms with Crippen LogP contribution in [0, 0.1) is 11.3 Å². The summed E-state index contributed by atoms with van der Waals surface area (Å²) in [5.41, 5.74) is 0.155. The van der Waals surface area contributed by atoms with Gasteiger partial charge in [0.25, 0.3) is 0 Å². The van der Waals surface area contributed by atoms with Gasteiger partial charge in [-0.05, 0) is 12.1 Å². The van der Waals surface area contributed by atoms with Crippen LogP contribution in [0.15, 0.2) is 18.2 Å². The molecular weight excluding hydrogens is 258 g/mol. The van der Waals surface area contributed by atoms with E-state index in [-0.39, 0.29) is 34.8 Å². The second kappa shape index (κ2) is 6.15. The number of carbonyl (C=O) groups excluding carboxylic acids is 1. The minimum Gasteiger partial charge on any atom is -0.479 e. The van der Waals surface area contributed by atoms with Crippen molar-refractivity contribution in [2.45, 2.75) is 12.5 Å². The smallest absolute Gasteiger partial charge is 0.337 e. The number of carboxylic acids is 1. The van der Waals surface area contributed by atoms with E-state index in [1.807, 2.05) is 0 Å². The van der Waals surface area contributed by atoms with Crippen LogP contribution >= 0.6 is 11.6 Å². The van der Waals surface area contributed by atoms with Gasteiger partial charge < -0.3 is 10.2 Å². The van der Waals surface area contributed by atoms with Crippen LogP contribution in [-0.4, -0.2) is 27.8 Å². The first-order valence-corrected chi connectivity index (χ1v) is 5.58. The zero-order valence-corrected chi connectivity index (χ0v) is 10.0. The van der Waals surface area contributed by atoms with Gasteiger partial charge in [0.05, 0.1) is 11.6 Å². The van der Waals surface area contributed by atoms with Crippen LogP contribution in [0.25, 0.3) is 0 Å². The predicted octanol–water partition coefficient (Wildman–Crippen LogP) is 1.49. The number of hydrogen-bond acceptors (Lipinski definition) is 4. The highest BCUT2D eigenvalue weighted by molar-refractivity contribution is 6.19. The van der Waals surface area contributed by atoms with Crippen LogP contribution in [0.5, 0.6) is 0 Å². The number of carboxylic acid groups (broad SMARTS) is 1. The van der Waals surface area contributed by atoms with Crippen molar-refractivity contribution in [3.63, 3.8) is 0 Å². The van der Waals surface area contributed by atoms with Gasteiger partial charge in [0.2, 0.25) is 0 Å². The average Bonchev–Trinajstić information content (AvgIpc) is 2.37. The summed E-state index contributed by atoms with van der Waals surface area (Å²) >= 11 is 5.44. The first-order chi connectivity index (χ1) is 8.51. The molecule has 0 spiro atoms. The van der Waals surface area contributed by atoms with Crippen molar-refractivity contribution >= 4 is 23.4 Å². The third-order valence-electron chi connectivity index (χ3n) is 2.34. The number of halogens is 1. The summed E-state index contributed by atoms with van der Waals surface area (Å²) in [6, 6.07) is 5.70. The highest BCUT2D eigenvalue weighted by Crippen LogP contribution is 2.20. The Morgan fingerprint density at radius 1 is 1.44 bits per heavy atom.